The molecule has 3 aliphatic rings. The summed E-state index contributed by atoms with van der Waals surface area (Å²) >= 11 is 12.1. The fourth-order valence-corrected chi connectivity index (χ4v) is 6.87. The van der Waals surface area contributed by atoms with Gasteiger partial charge in [-0.1, -0.05) is 41.9 Å². The lowest BCUT2D eigenvalue weighted by molar-refractivity contribution is 0.0930. The molecule has 0 bridgehead atoms. The number of likely N-dealkylation sites (tertiary alicyclic amines) is 1. The number of thiocarbonyl (C=S) groups is 1. The van der Waals surface area contributed by atoms with E-state index in [1.807, 2.05) is 13.8 Å². The molecule has 8 heteroatoms. The number of hydrogen-bond donors (Lipinski definition) is 1. The third-order valence-electron chi connectivity index (χ3n) is 8.30. The summed E-state index contributed by atoms with van der Waals surface area (Å²) in [5.41, 5.74) is 3.54. The number of pyridine rings is 1. The molecule has 1 aromatic carbocycles. The number of amides is 1. The normalized spacial score (nSPS) is 21.9. The zero-order valence-electron chi connectivity index (χ0n) is 22.1. The average molecular weight is 540 g/mol. The third-order valence-corrected chi connectivity index (χ3v) is 8.94. The maximum atomic E-state index is 12.8. The second kappa shape index (κ2) is 11.3. The summed E-state index contributed by atoms with van der Waals surface area (Å²) in [5, 5.41) is 4.58. The first-order chi connectivity index (χ1) is 17.8. The summed E-state index contributed by atoms with van der Waals surface area (Å²) in [6.45, 7) is 9.79. The van der Waals surface area contributed by atoms with Crippen molar-refractivity contribution in [3.8, 4) is 0 Å². The Labute approximate surface area is 231 Å². The molecule has 2 atom stereocenters. The van der Waals surface area contributed by atoms with Gasteiger partial charge in [0.05, 0.1) is 17.3 Å². The second-order valence-electron chi connectivity index (χ2n) is 10.9. The highest BCUT2D eigenvalue weighted by molar-refractivity contribution is 7.80. The van der Waals surface area contributed by atoms with Crippen LogP contribution < -0.4 is 5.32 Å². The van der Waals surface area contributed by atoms with Crippen LogP contribution in [0.2, 0.25) is 5.15 Å². The first-order valence-corrected chi connectivity index (χ1v) is 14.4. The predicted molar refractivity (Wildman–Crippen MR) is 153 cm³/mol. The number of rotatable bonds is 8. The number of hydrogen-bond acceptors (Lipinski definition) is 4. The number of nitrogens with zero attached hydrogens (tertiary/aromatic N) is 4. The van der Waals surface area contributed by atoms with E-state index >= 15 is 0 Å². The van der Waals surface area contributed by atoms with E-state index in [0.29, 0.717) is 47.1 Å². The Morgan fingerprint density at radius 3 is 2.49 bits per heavy atom. The van der Waals surface area contributed by atoms with Crippen molar-refractivity contribution < 1.29 is 4.79 Å². The number of aromatic nitrogens is 1. The standard InChI is InChI=1S/C29H38ClN5OS/c1-19-17-26(30)32-21(3)27(19)28(36)31-14-11-20(2)33-15-12-24(13-16-33)35-25(22-7-5-4-6-8-22)18-34(29(35)37)23-9-10-23/h4-8,17,20,23-25H,9-16,18H2,1-3H3,(H,31,36). The van der Waals surface area contributed by atoms with Gasteiger partial charge in [0.1, 0.15) is 5.15 Å². The van der Waals surface area contributed by atoms with Crippen molar-refractivity contribution in [2.45, 2.75) is 77.0 Å². The van der Waals surface area contributed by atoms with Crippen LogP contribution in [0.25, 0.3) is 0 Å². The molecular formula is C29H38ClN5OS. The SMILES string of the molecule is Cc1cc(Cl)nc(C)c1C(=O)NCCC(C)N1CCC(N2C(=S)N(C3CC3)CC2c2ccccc2)CC1. The Bertz CT molecular complexity index is 1110. The van der Waals surface area contributed by atoms with Gasteiger partial charge in [0.25, 0.3) is 5.91 Å². The molecule has 0 radical (unpaired) electrons. The molecule has 3 fully saturated rings. The smallest absolute Gasteiger partial charge is 0.253 e. The molecule has 2 saturated heterocycles. The van der Waals surface area contributed by atoms with Crippen molar-refractivity contribution in [2.75, 3.05) is 26.2 Å². The number of carbonyl (C=O) groups excluding carboxylic acids is 1. The molecule has 2 aliphatic heterocycles. The van der Waals surface area contributed by atoms with E-state index in [0.717, 1.165) is 49.6 Å². The Balaban J connectivity index is 1.14. The van der Waals surface area contributed by atoms with Gasteiger partial charge >= 0.3 is 0 Å². The summed E-state index contributed by atoms with van der Waals surface area (Å²) in [6.07, 6.45) is 5.70. The van der Waals surface area contributed by atoms with E-state index in [9.17, 15) is 4.79 Å². The number of carbonyl (C=O) groups is 1. The van der Waals surface area contributed by atoms with Crippen LogP contribution in [-0.2, 0) is 0 Å². The van der Waals surface area contributed by atoms with Crippen LogP contribution in [0, 0.1) is 13.8 Å². The molecule has 1 aliphatic carbocycles. The topological polar surface area (TPSA) is 51.7 Å². The first kappa shape index (κ1) is 26.4. The molecule has 2 aromatic rings. The number of piperidine rings is 1. The lowest BCUT2D eigenvalue weighted by Gasteiger charge is -2.42. The lowest BCUT2D eigenvalue weighted by atomic mass is 9.98. The van der Waals surface area contributed by atoms with Crippen molar-refractivity contribution >= 4 is 34.8 Å². The van der Waals surface area contributed by atoms with Crippen LogP contribution in [0.15, 0.2) is 36.4 Å². The van der Waals surface area contributed by atoms with E-state index < -0.39 is 0 Å². The van der Waals surface area contributed by atoms with Gasteiger partial charge in [-0.25, -0.2) is 4.98 Å². The fourth-order valence-electron chi connectivity index (χ4n) is 6.08. The third kappa shape index (κ3) is 5.79. The van der Waals surface area contributed by atoms with E-state index in [2.05, 4.69) is 62.3 Å². The molecule has 6 nitrogen and oxygen atoms in total. The minimum absolute atomic E-state index is 0.0696. The first-order valence-electron chi connectivity index (χ1n) is 13.6. The molecule has 1 amide bonds. The van der Waals surface area contributed by atoms with Crippen LogP contribution in [0.5, 0.6) is 0 Å². The van der Waals surface area contributed by atoms with Gasteiger partial charge in [-0.15, -0.1) is 0 Å². The van der Waals surface area contributed by atoms with E-state index in [1.54, 1.807) is 6.07 Å². The number of aryl methyl sites for hydroxylation is 2. The zero-order valence-corrected chi connectivity index (χ0v) is 23.7. The maximum absolute atomic E-state index is 12.8. The Kier molecular flexibility index (Phi) is 8.03. The number of benzene rings is 1. The highest BCUT2D eigenvalue weighted by atomic mass is 35.5. The van der Waals surface area contributed by atoms with Gasteiger partial charge in [-0.05, 0) is 82.3 Å². The molecule has 1 aromatic heterocycles. The predicted octanol–water partition coefficient (Wildman–Crippen LogP) is 5.13. The summed E-state index contributed by atoms with van der Waals surface area (Å²) < 4.78 is 0. The van der Waals surface area contributed by atoms with Crippen LogP contribution in [0.4, 0.5) is 0 Å². The van der Waals surface area contributed by atoms with E-state index in [4.69, 9.17) is 23.8 Å². The monoisotopic (exact) mass is 539 g/mol. The van der Waals surface area contributed by atoms with Gasteiger partial charge in [-0.2, -0.15) is 0 Å². The Morgan fingerprint density at radius 2 is 1.84 bits per heavy atom. The highest BCUT2D eigenvalue weighted by Gasteiger charge is 2.45. The van der Waals surface area contributed by atoms with Crippen molar-refractivity contribution in [3.63, 3.8) is 0 Å². The van der Waals surface area contributed by atoms with Gasteiger partial charge < -0.3 is 20.0 Å². The largest absolute Gasteiger partial charge is 0.352 e. The molecule has 37 heavy (non-hydrogen) atoms. The van der Waals surface area contributed by atoms with Crippen LogP contribution >= 0.6 is 23.8 Å². The van der Waals surface area contributed by atoms with E-state index in [1.165, 1.54) is 18.4 Å². The molecule has 0 spiro atoms. The summed E-state index contributed by atoms with van der Waals surface area (Å²) in [7, 11) is 0. The van der Waals surface area contributed by atoms with Gasteiger partial charge in [0, 0.05) is 44.3 Å². The minimum Gasteiger partial charge on any atom is -0.352 e. The van der Waals surface area contributed by atoms with E-state index in [-0.39, 0.29) is 5.91 Å². The quantitative estimate of drug-likeness (QED) is 0.371. The summed E-state index contributed by atoms with van der Waals surface area (Å²) in [6, 6.07) is 14.5. The summed E-state index contributed by atoms with van der Waals surface area (Å²) in [5.74, 6) is -0.0696. The van der Waals surface area contributed by atoms with Gasteiger partial charge in [0.2, 0.25) is 0 Å². The molecular weight excluding hydrogens is 502 g/mol. The molecule has 5 rings (SSSR count). The molecule has 198 valence electrons. The Hall–Kier alpha value is -2.22. The van der Waals surface area contributed by atoms with Crippen molar-refractivity contribution in [2.24, 2.45) is 0 Å². The number of nitrogens with one attached hydrogen (secondary N) is 1. The van der Waals surface area contributed by atoms with Gasteiger partial charge in [0.15, 0.2) is 5.11 Å². The van der Waals surface area contributed by atoms with Crippen molar-refractivity contribution in [1.29, 1.82) is 0 Å². The molecule has 1 N–H and O–H groups in total. The minimum atomic E-state index is -0.0696. The molecule has 2 unspecified atom stereocenters. The Morgan fingerprint density at radius 1 is 1.14 bits per heavy atom. The maximum Gasteiger partial charge on any atom is 0.253 e. The molecule has 1 saturated carbocycles. The fraction of sp³-hybridized carbons (Fsp3) is 0.552. The molecule has 3 heterocycles. The lowest BCUT2D eigenvalue weighted by Crippen LogP contribution is -2.49. The summed E-state index contributed by atoms with van der Waals surface area (Å²) in [4.78, 5) is 24.6. The van der Waals surface area contributed by atoms with Crippen LogP contribution in [0.1, 0.15) is 72.2 Å². The number of halogens is 1. The van der Waals surface area contributed by atoms with Crippen LogP contribution in [-0.4, -0.2) is 75.0 Å². The second-order valence-corrected chi connectivity index (χ2v) is 11.6. The van der Waals surface area contributed by atoms with Crippen LogP contribution in [0.3, 0.4) is 0 Å². The van der Waals surface area contributed by atoms with Gasteiger partial charge in [-0.3, -0.25) is 4.79 Å². The zero-order chi connectivity index (χ0) is 26.1. The van der Waals surface area contributed by atoms with Crippen molar-refractivity contribution in [3.05, 3.63) is 63.9 Å². The highest BCUT2D eigenvalue weighted by Crippen LogP contribution is 2.40. The van der Waals surface area contributed by atoms with Crippen molar-refractivity contribution in [1.82, 2.24) is 25.0 Å². The average Bonchev–Trinajstić information content (AvgIpc) is 3.66.